The number of para-hydroxylation sites is 1. The Hall–Kier alpha value is -2.62. The van der Waals surface area contributed by atoms with Gasteiger partial charge < -0.3 is 4.55 Å². The molecule has 34 heavy (non-hydrogen) atoms. The van der Waals surface area contributed by atoms with Crippen LogP contribution in [-0.4, -0.2) is 28.6 Å². The van der Waals surface area contributed by atoms with Crippen molar-refractivity contribution in [1.29, 1.82) is 0 Å². The zero-order valence-corrected chi connectivity index (χ0v) is 19.3. The second-order valence-corrected chi connectivity index (χ2v) is 9.53. The molecule has 1 aliphatic heterocycles. The molecule has 0 amide bonds. The molecule has 0 saturated heterocycles. The zero-order valence-electron chi connectivity index (χ0n) is 17.7. The summed E-state index contributed by atoms with van der Waals surface area (Å²) < 4.78 is 79.3. The minimum absolute atomic E-state index is 0.175. The van der Waals surface area contributed by atoms with Gasteiger partial charge in [0.1, 0.15) is 12.0 Å². The Morgan fingerprint density at radius 2 is 1.62 bits per heavy atom. The highest BCUT2D eigenvalue weighted by atomic mass is 35.5. The molecule has 10 heteroatoms. The first kappa shape index (κ1) is 24.5. The van der Waals surface area contributed by atoms with Gasteiger partial charge in [0.05, 0.1) is 16.8 Å². The number of halogens is 6. The van der Waals surface area contributed by atoms with E-state index in [-0.39, 0.29) is 10.7 Å². The Morgan fingerprint density at radius 3 is 2.24 bits per heavy atom. The summed E-state index contributed by atoms with van der Waals surface area (Å²) in [6.45, 7) is 0. The molecular weight excluding hydrogens is 495 g/mol. The molecule has 0 saturated carbocycles. The number of benzene rings is 3. The van der Waals surface area contributed by atoms with Gasteiger partial charge in [0.25, 0.3) is 0 Å². The molecule has 0 spiro atoms. The van der Waals surface area contributed by atoms with E-state index >= 15 is 0 Å². The van der Waals surface area contributed by atoms with Crippen LogP contribution in [0, 0.1) is 0 Å². The second-order valence-electron chi connectivity index (χ2n) is 7.74. The number of hydrogen-bond donors (Lipinski definition) is 0. The van der Waals surface area contributed by atoms with Crippen molar-refractivity contribution in [3.05, 3.63) is 83.4 Å². The Labute approximate surface area is 201 Å². The van der Waals surface area contributed by atoms with E-state index in [1.54, 1.807) is 60.9 Å². The highest BCUT2D eigenvalue weighted by Crippen LogP contribution is 2.45. The highest BCUT2D eigenvalue weighted by Gasteiger charge is 2.62. The summed E-state index contributed by atoms with van der Waals surface area (Å²) in [5, 5.41) is 4.98. The number of hydrazone groups is 1. The van der Waals surface area contributed by atoms with Crippen LogP contribution in [0.3, 0.4) is 0 Å². The third kappa shape index (κ3) is 4.64. The van der Waals surface area contributed by atoms with E-state index < -0.39 is 41.4 Å². The number of nitrogens with zero attached hydrogens (tertiary/aromatic N) is 2. The molecule has 3 aromatic rings. The van der Waals surface area contributed by atoms with E-state index in [1.165, 1.54) is 12.1 Å². The molecule has 0 N–H and O–H groups in total. The van der Waals surface area contributed by atoms with Crippen molar-refractivity contribution in [2.45, 2.75) is 29.5 Å². The summed E-state index contributed by atoms with van der Waals surface area (Å²) in [7, 11) is 0. The molecule has 0 aliphatic carbocycles. The van der Waals surface area contributed by atoms with Crippen LogP contribution in [0.5, 0.6) is 0 Å². The topological polar surface area (TPSA) is 38.7 Å². The third-order valence-corrected chi connectivity index (χ3v) is 6.76. The van der Waals surface area contributed by atoms with Gasteiger partial charge in [-0.05, 0) is 46.1 Å². The summed E-state index contributed by atoms with van der Waals surface area (Å²) in [5.41, 5.74) is 1.03. The first-order valence-electron chi connectivity index (χ1n) is 10.1. The Balaban J connectivity index is 1.71. The summed E-state index contributed by atoms with van der Waals surface area (Å²) >= 11 is 5.04. The monoisotopic (exact) mass is 512 g/mol. The van der Waals surface area contributed by atoms with Crippen LogP contribution >= 0.6 is 11.6 Å². The predicted octanol–water partition coefficient (Wildman–Crippen LogP) is 7.25. The van der Waals surface area contributed by atoms with Crippen molar-refractivity contribution in [3.63, 3.8) is 0 Å². The second kappa shape index (κ2) is 9.20. The lowest BCUT2D eigenvalue weighted by Gasteiger charge is -2.25. The molecule has 3 nitrogen and oxygen atoms in total. The van der Waals surface area contributed by atoms with E-state index in [9.17, 15) is 26.5 Å². The van der Waals surface area contributed by atoms with Gasteiger partial charge >= 0.3 is 12.1 Å². The molecule has 4 rings (SSSR count). The average Bonchev–Trinajstić information content (AvgIpc) is 3.25. The molecular formula is C24H18ClF5N2OS. The van der Waals surface area contributed by atoms with E-state index in [1.807, 2.05) is 6.07 Å². The molecule has 0 radical (unpaired) electrons. The van der Waals surface area contributed by atoms with Crippen molar-refractivity contribution < 1.29 is 26.5 Å². The summed E-state index contributed by atoms with van der Waals surface area (Å²) in [4.78, 5) is 0.648. The zero-order chi connectivity index (χ0) is 24.7. The van der Waals surface area contributed by atoms with Gasteiger partial charge in [0, 0.05) is 12.5 Å². The lowest BCUT2D eigenvalue weighted by molar-refractivity contribution is -0.249. The van der Waals surface area contributed by atoms with E-state index in [0.717, 1.165) is 16.1 Å². The fourth-order valence-electron chi connectivity index (χ4n) is 3.74. The lowest BCUT2D eigenvalue weighted by atomic mass is 9.96. The van der Waals surface area contributed by atoms with Crippen LogP contribution in [0.1, 0.15) is 18.0 Å². The fourth-order valence-corrected chi connectivity index (χ4v) is 4.52. The third-order valence-electron chi connectivity index (χ3n) is 5.52. The van der Waals surface area contributed by atoms with Gasteiger partial charge in [0.15, 0.2) is 4.90 Å². The van der Waals surface area contributed by atoms with Crippen LogP contribution in [-0.2, 0) is 11.2 Å². The van der Waals surface area contributed by atoms with Gasteiger partial charge in [-0.3, -0.25) is 5.01 Å². The maximum atomic E-state index is 14.2. The quantitative estimate of drug-likeness (QED) is 0.267. The molecule has 2 unspecified atom stereocenters. The molecule has 1 heterocycles. The molecule has 3 aromatic carbocycles. The minimum atomic E-state index is -5.76. The van der Waals surface area contributed by atoms with E-state index in [2.05, 4.69) is 5.10 Å². The summed E-state index contributed by atoms with van der Waals surface area (Å²) in [6, 6.07) is 19.2. The minimum Gasteiger partial charge on any atom is -0.612 e. The van der Waals surface area contributed by atoms with Gasteiger partial charge in [-0.1, -0.05) is 60.1 Å². The summed E-state index contributed by atoms with van der Waals surface area (Å²) in [6.07, 6.45) is -4.82. The van der Waals surface area contributed by atoms with Gasteiger partial charge in [-0.2, -0.15) is 27.1 Å². The standard InChI is InChI=1S/C24H18ClF5N2OS/c1-34(33)18-6-4-5-17(13-18)15-9-11-16(12-10-15)21-14-22(23(26,27)24(28,29)30)31-32(21)20-8-3-2-7-19(20)25/h2-13,21H,14H2,1H3. The Morgan fingerprint density at radius 1 is 0.941 bits per heavy atom. The molecule has 0 aromatic heterocycles. The van der Waals surface area contributed by atoms with Crippen molar-refractivity contribution in [2.24, 2.45) is 5.10 Å². The number of alkyl halides is 5. The summed E-state index contributed by atoms with van der Waals surface area (Å²) in [5.74, 6) is -5.07. The number of rotatable bonds is 5. The largest absolute Gasteiger partial charge is 0.612 e. The lowest BCUT2D eigenvalue weighted by Crippen LogP contribution is -2.43. The first-order chi connectivity index (χ1) is 16.0. The van der Waals surface area contributed by atoms with E-state index in [0.29, 0.717) is 10.5 Å². The highest BCUT2D eigenvalue weighted by molar-refractivity contribution is 7.90. The SMILES string of the molecule is C[S+]([O-])c1cccc(-c2ccc(C3CC(C(F)(F)C(F)(F)F)=NN3c3ccccc3Cl)cc2)c1. The maximum absolute atomic E-state index is 14.2. The Kier molecular flexibility index (Phi) is 6.63. The van der Waals surface area contributed by atoms with Crippen LogP contribution in [0.4, 0.5) is 27.6 Å². The van der Waals surface area contributed by atoms with Crippen LogP contribution in [0.2, 0.25) is 5.02 Å². The number of hydrogen-bond acceptors (Lipinski definition) is 3. The Bertz CT molecular complexity index is 1210. The molecule has 1 aliphatic rings. The normalized spacial score (nSPS) is 17.6. The van der Waals surface area contributed by atoms with E-state index in [4.69, 9.17) is 11.6 Å². The maximum Gasteiger partial charge on any atom is 0.459 e. The van der Waals surface area contributed by atoms with Crippen molar-refractivity contribution in [1.82, 2.24) is 0 Å². The van der Waals surface area contributed by atoms with Crippen molar-refractivity contribution >= 4 is 34.2 Å². The molecule has 178 valence electrons. The molecule has 2 atom stereocenters. The van der Waals surface area contributed by atoms with Gasteiger partial charge in [0.2, 0.25) is 0 Å². The fraction of sp³-hybridized carbons (Fsp3) is 0.208. The van der Waals surface area contributed by atoms with Crippen LogP contribution in [0.15, 0.2) is 82.8 Å². The van der Waals surface area contributed by atoms with Gasteiger partial charge in [-0.15, -0.1) is 0 Å². The molecule has 0 fully saturated rings. The van der Waals surface area contributed by atoms with Crippen molar-refractivity contribution in [2.75, 3.05) is 11.3 Å². The molecule has 0 bridgehead atoms. The van der Waals surface area contributed by atoms with Gasteiger partial charge in [-0.25, -0.2) is 0 Å². The smallest absolute Gasteiger partial charge is 0.459 e. The number of anilines is 1. The predicted molar refractivity (Wildman–Crippen MR) is 124 cm³/mol. The van der Waals surface area contributed by atoms with Crippen LogP contribution in [0.25, 0.3) is 11.1 Å². The average molecular weight is 513 g/mol. The van der Waals surface area contributed by atoms with Crippen molar-refractivity contribution in [3.8, 4) is 11.1 Å². The first-order valence-corrected chi connectivity index (χ1v) is 12.0. The van der Waals surface area contributed by atoms with Crippen LogP contribution < -0.4 is 5.01 Å².